The van der Waals surface area contributed by atoms with Crippen molar-refractivity contribution in [2.75, 3.05) is 0 Å². The quantitative estimate of drug-likeness (QED) is 0.883. The fourth-order valence-electron chi connectivity index (χ4n) is 1.18. The van der Waals surface area contributed by atoms with Crippen LogP contribution in [0.1, 0.15) is 11.1 Å². The molecule has 1 rings (SSSR count). The molecule has 1 aromatic rings. The van der Waals surface area contributed by atoms with Gasteiger partial charge in [0.15, 0.2) is 6.10 Å². The molecule has 0 radical (unpaired) electrons. The van der Waals surface area contributed by atoms with E-state index >= 15 is 0 Å². The standard InChI is InChI=1S/C10H10BrF3O/c1-6-2-3-8(11)4-7(6)5-9(15)10(12,13)14/h2-4,9,15H,5H2,1H3. The summed E-state index contributed by atoms with van der Waals surface area (Å²) >= 11 is 3.17. The SMILES string of the molecule is Cc1ccc(Br)cc1CC(O)C(F)(F)F. The lowest BCUT2D eigenvalue weighted by atomic mass is 10.0. The Balaban J connectivity index is 2.85. The molecule has 1 N–H and O–H groups in total. The highest BCUT2D eigenvalue weighted by Gasteiger charge is 2.38. The second-order valence-corrected chi connectivity index (χ2v) is 4.25. The molecule has 0 fully saturated rings. The van der Waals surface area contributed by atoms with Gasteiger partial charge in [0.1, 0.15) is 0 Å². The van der Waals surface area contributed by atoms with Crippen molar-refractivity contribution < 1.29 is 18.3 Å². The van der Waals surface area contributed by atoms with Gasteiger partial charge in [-0.2, -0.15) is 13.2 Å². The van der Waals surface area contributed by atoms with E-state index in [-0.39, 0.29) is 0 Å². The van der Waals surface area contributed by atoms with Gasteiger partial charge in [-0.25, -0.2) is 0 Å². The number of benzene rings is 1. The molecular weight excluding hydrogens is 273 g/mol. The van der Waals surface area contributed by atoms with E-state index in [0.717, 1.165) is 5.56 Å². The topological polar surface area (TPSA) is 20.2 Å². The molecule has 0 aliphatic carbocycles. The molecule has 1 unspecified atom stereocenters. The minimum atomic E-state index is -4.56. The molecule has 0 spiro atoms. The lowest BCUT2D eigenvalue weighted by Crippen LogP contribution is -2.30. The third kappa shape index (κ3) is 3.50. The zero-order chi connectivity index (χ0) is 11.6. The van der Waals surface area contributed by atoms with Gasteiger partial charge in [-0.05, 0) is 30.2 Å². The maximum atomic E-state index is 12.1. The summed E-state index contributed by atoms with van der Waals surface area (Å²) in [6.07, 6.45) is -7.27. The highest BCUT2D eigenvalue weighted by Crippen LogP contribution is 2.25. The van der Waals surface area contributed by atoms with Crippen LogP contribution in [0.15, 0.2) is 22.7 Å². The van der Waals surface area contributed by atoms with Crippen molar-refractivity contribution in [3.8, 4) is 0 Å². The van der Waals surface area contributed by atoms with Crippen LogP contribution >= 0.6 is 15.9 Å². The molecule has 1 nitrogen and oxygen atoms in total. The first kappa shape index (κ1) is 12.5. The third-order valence-corrected chi connectivity index (χ3v) is 2.60. The Kier molecular flexibility index (Phi) is 3.78. The lowest BCUT2D eigenvalue weighted by molar-refractivity contribution is -0.203. The largest absolute Gasteiger partial charge is 0.414 e. The first-order valence-electron chi connectivity index (χ1n) is 4.30. The maximum absolute atomic E-state index is 12.1. The van der Waals surface area contributed by atoms with E-state index < -0.39 is 18.7 Å². The molecule has 5 heteroatoms. The zero-order valence-electron chi connectivity index (χ0n) is 7.98. The Morgan fingerprint density at radius 3 is 2.53 bits per heavy atom. The molecule has 0 aliphatic heterocycles. The van der Waals surface area contributed by atoms with Crippen LogP contribution in [-0.4, -0.2) is 17.4 Å². The number of aryl methyl sites for hydroxylation is 1. The van der Waals surface area contributed by atoms with Gasteiger partial charge in [0, 0.05) is 10.9 Å². The van der Waals surface area contributed by atoms with Gasteiger partial charge in [-0.15, -0.1) is 0 Å². The lowest BCUT2D eigenvalue weighted by Gasteiger charge is -2.15. The van der Waals surface area contributed by atoms with Crippen molar-refractivity contribution in [1.82, 2.24) is 0 Å². The Morgan fingerprint density at radius 1 is 1.40 bits per heavy atom. The van der Waals surface area contributed by atoms with E-state index in [1.54, 1.807) is 25.1 Å². The molecular formula is C10H10BrF3O. The summed E-state index contributed by atoms with van der Waals surface area (Å²) in [5.41, 5.74) is 1.23. The fourth-order valence-corrected chi connectivity index (χ4v) is 1.59. The number of hydrogen-bond acceptors (Lipinski definition) is 1. The van der Waals surface area contributed by atoms with Crippen LogP contribution in [0.3, 0.4) is 0 Å². The van der Waals surface area contributed by atoms with Crippen LogP contribution in [0, 0.1) is 6.92 Å². The molecule has 0 saturated carbocycles. The van der Waals surface area contributed by atoms with Crippen molar-refractivity contribution in [2.24, 2.45) is 0 Å². The highest BCUT2D eigenvalue weighted by atomic mass is 79.9. The average Bonchev–Trinajstić information content (AvgIpc) is 2.09. The van der Waals surface area contributed by atoms with Crippen molar-refractivity contribution in [2.45, 2.75) is 25.6 Å². The first-order valence-corrected chi connectivity index (χ1v) is 5.10. The Morgan fingerprint density at radius 2 is 2.00 bits per heavy atom. The number of rotatable bonds is 2. The van der Waals surface area contributed by atoms with E-state index in [1.165, 1.54) is 0 Å². The number of aliphatic hydroxyl groups is 1. The third-order valence-electron chi connectivity index (χ3n) is 2.10. The van der Waals surface area contributed by atoms with Gasteiger partial charge in [0.2, 0.25) is 0 Å². The molecule has 0 aromatic heterocycles. The van der Waals surface area contributed by atoms with Gasteiger partial charge < -0.3 is 5.11 Å². The summed E-state index contributed by atoms with van der Waals surface area (Å²) in [6, 6.07) is 5.05. The predicted octanol–water partition coefficient (Wildman–Crippen LogP) is 3.22. The Labute approximate surface area is 94.0 Å². The van der Waals surface area contributed by atoms with E-state index in [4.69, 9.17) is 5.11 Å². The number of hydrogen-bond donors (Lipinski definition) is 1. The van der Waals surface area contributed by atoms with Crippen LogP contribution in [0.4, 0.5) is 13.2 Å². The van der Waals surface area contributed by atoms with Crippen molar-refractivity contribution in [3.63, 3.8) is 0 Å². The summed E-state index contributed by atoms with van der Waals surface area (Å²) in [5, 5.41) is 8.91. The molecule has 0 bridgehead atoms. The van der Waals surface area contributed by atoms with Crippen LogP contribution in [0.25, 0.3) is 0 Å². The van der Waals surface area contributed by atoms with Gasteiger partial charge in [0.05, 0.1) is 0 Å². The van der Waals surface area contributed by atoms with Crippen LogP contribution < -0.4 is 0 Å². The molecule has 0 heterocycles. The normalized spacial score (nSPS) is 14.0. The molecule has 1 atom stereocenters. The first-order chi connectivity index (χ1) is 6.80. The van der Waals surface area contributed by atoms with Crippen molar-refractivity contribution in [1.29, 1.82) is 0 Å². The second kappa shape index (κ2) is 4.53. The van der Waals surface area contributed by atoms with Crippen LogP contribution in [-0.2, 0) is 6.42 Å². The van der Waals surface area contributed by atoms with Gasteiger partial charge >= 0.3 is 6.18 Å². The average molecular weight is 283 g/mol. The zero-order valence-corrected chi connectivity index (χ0v) is 9.56. The van der Waals surface area contributed by atoms with Gasteiger partial charge in [-0.3, -0.25) is 0 Å². The monoisotopic (exact) mass is 282 g/mol. The maximum Gasteiger partial charge on any atom is 0.414 e. The smallest absolute Gasteiger partial charge is 0.383 e. The summed E-state index contributed by atoms with van der Waals surface area (Å²) in [7, 11) is 0. The van der Waals surface area contributed by atoms with Crippen LogP contribution in [0.2, 0.25) is 0 Å². The Hall–Kier alpha value is -0.550. The van der Waals surface area contributed by atoms with E-state index in [9.17, 15) is 13.2 Å². The van der Waals surface area contributed by atoms with Crippen molar-refractivity contribution in [3.05, 3.63) is 33.8 Å². The molecule has 0 amide bonds. The minimum Gasteiger partial charge on any atom is -0.383 e. The van der Waals surface area contributed by atoms with Gasteiger partial charge in [-0.1, -0.05) is 22.0 Å². The van der Waals surface area contributed by atoms with Gasteiger partial charge in [0.25, 0.3) is 0 Å². The molecule has 1 aromatic carbocycles. The molecule has 0 saturated heterocycles. The minimum absolute atomic E-state index is 0.408. The number of alkyl halides is 3. The summed E-state index contributed by atoms with van der Waals surface area (Å²) in [6.45, 7) is 1.71. The summed E-state index contributed by atoms with van der Waals surface area (Å²) in [4.78, 5) is 0. The molecule has 0 aliphatic rings. The van der Waals surface area contributed by atoms with Crippen molar-refractivity contribution >= 4 is 15.9 Å². The summed E-state index contributed by atoms with van der Waals surface area (Å²) in [5.74, 6) is 0. The molecule has 84 valence electrons. The van der Waals surface area contributed by atoms with E-state index in [0.29, 0.717) is 10.0 Å². The highest BCUT2D eigenvalue weighted by molar-refractivity contribution is 9.10. The van der Waals surface area contributed by atoms with E-state index in [2.05, 4.69) is 15.9 Å². The molecule has 15 heavy (non-hydrogen) atoms. The van der Waals surface area contributed by atoms with E-state index in [1.807, 2.05) is 0 Å². The fraction of sp³-hybridized carbons (Fsp3) is 0.400. The predicted molar refractivity (Wildman–Crippen MR) is 54.6 cm³/mol. The number of aliphatic hydroxyl groups excluding tert-OH is 1. The number of halogens is 4. The Bertz CT molecular complexity index is 349. The van der Waals surface area contributed by atoms with Crippen LogP contribution in [0.5, 0.6) is 0 Å². The second-order valence-electron chi connectivity index (χ2n) is 3.33. The summed E-state index contributed by atoms with van der Waals surface area (Å²) < 4.78 is 37.0.